The minimum Gasteiger partial charge on any atom is -0.317 e. The summed E-state index contributed by atoms with van der Waals surface area (Å²) >= 11 is 0. The van der Waals surface area contributed by atoms with Gasteiger partial charge in [0.25, 0.3) is 5.91 Å². The molecule has 0 aliphatic carbocycles. The van der Waals surface area contributed by atoms with E-state index in [1.165, 1.54) is 23.3 Å². The van der Waals surface area contributed by atoms with Crippen molar-refractivity contribution in [3.05, 3.63) is 54.0 Å². The number of hydrogen-bond acceptors (Lipinski definition) is 7. The molecule has 1 aliphatic heterocycles. The van der Waals surface area contributed by atoms with Crippen molar-refractivity contribution in [2.75, 3.05) is 18.4 Å². The van der Waals surface area contributed by atoms with Crippen molar-refractivity contribution in [2.45, 2.75) is 18.8 Å². The van der Waals surface area contributed by atoms with Crippen LogP contribution in [-0.4, -0.2) is 56.5 Å². The second-order valence-electron chi connectivity index (χ2n) is 7.08. The lowest BCUT2D eigenvalue weighted by atomic mass is 9.95. The van der Waals surface area contributed by atoms with Crippen molar-refractivity contribution in [3.63, 3.8) is 0 Å². The zero-order valence-corrected chi connectivity index (χ0v) is 16.9. The maximum atomic E-state index is 13.0. The minimum atomic E-state index is -0.405. The van der Waals surface area contributed by atoms with E-state index in [0.717, 1.165) is 37.9 Å². The molecule has 0 radical (unpaired) electrons. The van der Waals surface area contributed by atoms with Crippen LogP contribution in [0.2, 0.25) is 0 Å². The molecule has 0 atom stereocenters. The van der Waals surface area contributed by atoms with Gasteiger partial charge in [-0.1, -0.05) is 6.58 Å². The number of aldehydes is 1. The molecular formula is C21H22N8O2. The summed E-state index contributed by atoms with van der Waals surface area (Å²) in [6, 6.07) is 5.20. The maximum Gasteiger partial charge on any atom is 0.262 e. The molecule has 10 nitrogen and oxygen atoms in total. The summed E-state index contributed by atoms with van der Waals surface area (Å²) in [4.78, 5) is 32.2. The van der Waals surface area contributed by atoms with Crippen LogP contribution < -0.4 is 10.6 Å². The molecule has 3 aromatic rings. The van der Waals surface area contributed by atoms with Gasteiger partial charge < -0.3 is 10.6 Å². The number of aliphatic imine (C=N–C) groups is 1. The topological polar surface area (TPSA) is 119 Å². The van der Waals surface area contributed by atoms with E-state index in [1.807, 2.05) is 6.07 Å². The Bertz CT molecular complexity index is 1120. The second-order valence-corrected chi connectivity index (χ2v) is 7.08. The fourth-order valence-corrected chi connectivity index (χ4v) is 3.56. The van der Waals surface area contributed by atoms with Crippen LogP contribution in [0.15, 0.2) is 42.2 Å². The Kier molecular flexibility index (Phi) is 5.80. The summed E-state index contributed by atoms with van der Waals surface area (Å²) in [5.74, 6) is 1.13. The molecule has 1 amide bonds. The summed E-state index contributed by atoms with van der Waals surface area (Å²) in [5.41, 5.74) is 1.59. The standard InChI is InChI=1S/C21H22N8O2/c1-3-28-20(22-2)16(12-25-28)21(31)26-19-10-17(15-6-8-23-9-7-15)27-29(19)18-5-4-14(13-30)11-24-18/h3-5,10-13,15,23H,1-2,6-9H2,(H,26,31). The average molecular weight is 418 g/mol. The summed E-state index contributed by atoms with van der Waals surface area (Å²) < 4.78 is 2.95. The average Bonchev–Trinajstić information content (AvgIpc) is 3.43. The molecule has 0 aromatic carbocycles. The van der Waals surface area contributed by atoms with Crippen LogP contribution in [0.5, 0.6) is 0 Å². The third kappa shape index (κ3) is 4.05. The highest BCUT2D eigenvalue weighted by Gasteiger charge is 2.23. The number of rotatable bonds is 7. The lowest BCUT2D eigenvalue weighted by molar-refractivity contribution is 0.102. The van der Waals surface area contributed by atoms with Gasteiger partial charge in [0.15, 0.2) is 17.9 Å². The Morgan fingerprint density at radius 2 is 2.10 bits per heavy atom. The summed E-state index contributed by atoms with van der Waals surface area (Å²) in [6.07, 6.45) is 6.96. The first-order valence-electron chi connectivity index (χ1n) is 9.85. The van der Waals surface area contributed by atoms with Gasteiger partial charge in [-0.3, -0.25) is 9.59 Å². The van der Waals surface area contributed by atoms with Gasteiger partial charge in [0.2, 0.25) is 0 Å². The smallest absolute Gasteiger partial charge is 0.262 e. The predicted molar refractivity (Wildman–Crippen MR) is 117 cm³/mol. The molecular weight excluding hydrogens is 396 g/mol. The molecule has 0 unspecified atom stereocenters. The van der Waals surface area contributed by atoms with Crippen molar-refractivity contribution in [3.8, 4) is 5.82 Å². The Labute approximate surface area is 178 Å². The van der Waals surface area contributed by atoms with E-state index in [9.17, 15) is 9.59 Å². The van der Waals surface area contributed by atoms with E-state index in [1.54, 1.807) is 16.8 Å². The van der Waals surface area contributed by atoms with Gasteiger partial charge in [-0.05, 0) is 44.8 Å². The molecule has 1 fully saturated rings. The van der Waals surface area contributed by atoms with Gasteiger partial charge >= 0.3 is 0 Å². The number of pyridine rings is 1. The van der Waals surface area contributed by atoms with Crippen LogP contribution in [0.4, 0.5) is 11.6 Å². The predicted octanol–water partition coefficient (Wildman–Crippen LogP) is 2.43. The monoisotopic (exact) mass is 418 g/mol. The van der Waals surface area contributed by atoms with Crippen LogP contribution >= 0.6 is 0 Å². The molecule has 158 valence electrons. The molecule has 0 bridgehead atoms. The summed E-state index contributed by atoms with van der Waals surface area (Å²) in [6.45, 7) is 8.99. The molecule has 4 heterocycles. The third-order valence-corrected chi connectivity index (χ3v) is 5.19. The molecule has 10 heteroatoms. The number of anilines is 1. The molecule has 2 N–H and O–H groups in total. The fraction of sp³-hybridized carbons (Fsp3) is 0.238. The molecule has 1 aliphatic rings. The Balaban J connectivity index is 1.70. The number of amides is 1. The van der Waals surface area contributed by atoms with Gasteiger partial charge in [-0.2, -0.15) is 14.9 Å². The molecule has 0 spiro atoms. The Morgan fingerprint density at radius 1 is 1.29 bits per heavy atom. The number of nitrogens with zero attached hydrogens (tertiary/aromatic N) is 6. The quantitative estimate of drug-likeness (QED) is 0.449. The SMILES string of the molecule is C=Cn1ncc(C(=O)Nc2cc(C3CCNCC3)nn2-c2ccc(C=O)cn2)c1N=C. The highest BCUT2D eigenvalue weighted by molar-refractivity contribution is 6.07. The number of carbonyl (C=O) groups excluding carboxylic acids is 2. The van der Waals surface area contributed by atoms with Gasteiger partial charge in [-0.25, -0.2) is 14.7 Å². The van der Waals surface area contributed by atoms with E-state index in [-0.39, 0.29) is 11.5 Å². The third-order valence-electron chi connectivity index (χ3n) is 5.19. The largest absolute Gasteiger partial charge is 0.317 e. The van der Waals surface area contributed by atoms with E-state index in [4.69, 9.17) is 5.10 Å². The number of piperidine rings is 1. The van der Waals surface area contributed by atoms with Gasteiger partial charge in [-0.15, -0.1) is 0 Å². The zero-order valence-electron chi connectivity index (χ0n) is 16.9. The zero-order chi connectivity index (χ0) is 21.8. The van der Waals surface area contributed by atoms with Crippen LogP contribution in [0, 0.1) is 0 Å². The second kappa shape index (κ2) is 8.84. The summed E-state index contributed by atoms with van der Waals surface area (Å²) in [5, 5.41) is 15.0. The minimum absolute atomic E-state index is 0.260. The van der Waals surface area contributed by atoms with Crippen molar-refractivity contribution < 1.29 is 9.59 Å². The first kappa shape index (κ1) is 20.4. The normalized spacial score (nSPS) is 14.2. The molecule has 31 heavy (non-hydrogen) atoms. The van der Waals surface area contributed by atoms with E-state index >= 15 is 0 Å². The van der Waals surface area contributed by atoms with Crippen molar-refractivity contribution >= 4 is 36.7 Å². The molecule has 1 saturated heterocycles. The van der Waals surface area contributed by atoms with Crippen molar-refractivity contribution in [2.24, 2.45) is 4.99 Å². The molecule has 4 rings (SSSR count). The van der Waals surface area contributed by atoms with Crippen LogP contribution in [-0.2, 0) is 0 Å². The van der Waals surface area contributed by atoms with Gasteiger partial charge in [0.05, 0.1) is 11.9 Å². The van der Waals surface area contributed by atoms with Crippen molar-refractivity contribution in [1.29, 1.82) is 0 Å². The van der Waals surface area contributed by atoms with Crippen LogP contribution in [0.1, 0.15) is 45.2 Å². The van der Waals surface area contributed by atoms with E-state index in [0.29, 0.717) is 23.0 Å². The lowest BCUT2D eigenvalue weighted by Crippen LogP contribution is -2.26. The lowest BCUT2D eigenvalue weighted by Gasteiger charge is -2.20. The molecule has 3 aromatic heterocycles. The van der Waals surface area contributed by atoms with E-state index < -0.39 is 5.91 Å². The highest BCUT2D eigenvalue weighted by Crippen LogP contribution is 2.28. The Hall–Kier alpha value is -3.92. The van der Waals surface area contributed by atoms with Crippen molar-refractivity contribution in [1.82, 2.24) is 29.9 Å². The fourth-order valence-electron chi connectivity index (χ4n) is 3.56. The van der Waals surface area contributed by atoms with Gasteiger partial charge in [0.1, 0.15) is 11.4 Å². The van der Waals surface area contributed by atoms with E-state index in [2.05, 4.69) is 39.0 Å². The summed E-state index contributed by atoms with van der Waals surface area (Å²) in [7, 11) is 0. The van der Waals surface area contributed by atoms with Crippen LogP contribution in [0.25, 0.3) is 12.0 Å². The maximum absolute atomic E-state index is 13.0. The first-order valence-corrected chi connectivity index (χ1v) is 9.85. The number of aromatic nitrogens is 5. The number of nitrogens with one attached hydrogen (secondary N) is 2. The number of carbonyl (C=O) groups is 2. The van der Waals surface area contributed by atoms with Gasteiger partial charge in [0, 0.05) is 29.9 Å². The van der Waals surface area contributed by atoms with Crippen LogP contribution in [0.3, 0.4) is 0 Å². The highest BCUT2D eigenvalue weighted by atomic mass is 16.1. The first-order chi connectivity index (χ1) is 15.1. The molecule has 0 saturated carbocycles. The number of hydrogen-bond donors (Lipinski definition) is 2. The Morgan fingerprint density at radius 3 is 2.74 bits per heavy atom.